The van der Waals surface area contributed by atoms with Gasteiger partial charge in [0.2, 0.25) is 0 Å². The summed E-state index contributed by atoms with van der Waals surface area (Å²) in [7, 11) is 0. The van der Waals surface area contributed by atoms with Crippen LogP contribution < -0.4 is 5.73 Å². The average molecular weight is 277 g/mol. The lowest BCUT2D eigenvalue weighted by atomic mass is 9.65. The van der Waals surface area contributed by atoms with E-state index in [0.717, 1.165) is 17.8 Å². The minimum absolute atomic E-state index is 0.285. The van der Waals surface area contributed by atoms with Gasteiger partial charge in [-0.1, -0.05) is 25.7 Å². The number of rotatable bonds is 2. The molecule has 1 heterocycles. The second kappa shape index (κ2) is 5.57. The van der Waals surface area contributed by atoms with Crippen molar-refractivity contribution in [1.29, 1.82) is 0 Å². The van der Waals surface area contributed by atoms with E-state index in [4.69, 9.17) is 5.73 Å². The van der Waals surface area contributed by atoms with Gasteiger partial charge in [0.1, 0.15) is 0 Å². The van der Waals surface area contributed by atoms with E-state index < -0.39 is 0 Å². The summed E-state index contributed by atoms with van der Waals surface area (Å²) in [6, 6.07) is 2.62. The monoisotopic (exact) mass is 277 g/mol. The van der Waals surface area contributed by atoms with Gasteiger partial charge in [-0.25, -0.2) is 0 Å². The lowest BCUT2D eigenvalue weighted by molar-refractivity contribution is 0.117. The highest BCUT2D eigenvalue weighted by Gasteiger charge is 2.35. The molecule has 19 heavy (non-hydrogen) atoms. The Morgan fingerprint density at radius 1 is 1.11 bits per heavy atom. The third kappa shape index (κ3) is 2.75. The van der Waals surface area contributed by atoms with Gasteiger partial charge in [-0.05, 0) is 62.5 Å². The van der Waals surface area contributed by atoms with Crippen LogP contribution in [0.5, 0.6) is 0 Å². The van der Waals surface area contributed by atoms with Gasteiger partial charge >= 0.3 is 0 Å². The molecule has 0 radical (unpaired) electrons. The molecule has 2 aliphatic carbocycles. The fourth-order valence-corrected chi connectivity index (χ4v) is 5.45. The van der Waals surface area contributed by atoms with Crippen molar-refractivity contribution in [1.82, 2.24) is 0 Å². The number of hydrogen-bond donors (Lipinski definition) is 1. The molecule has 4 atom stereocenters. The second-order valence-electron chi connectivity index (χ2n) is 6.77. The highest BCUT2D eigenvalue weighted by molar-refractivity contribution is 7.12. The summed E-state index contributed by atoms with van der Waals surface area (Å²) in [5.41, 5.74) is 8.04. The van der Waals surface area contributed by atoms with Crippen molar-refractivity contribution in [2.24, 2.45) is 23.5 Å². The lowest BCUT2D eigenvalue weighted by Gasteiger charge is -2.41. The van der Waals surface area contributed by atoms with Crippen LogP contribution in [0.2, 0.25) is 0 Å². The Morgan fingerprint density at radius 3 is 2.53 bits per heavy atom. The molecule has 2 fully saturated rings. The van der Waals surface area contributed by atoms with Crippen LogP contribution in [0, 0.1) is 31.6 Å². The average Bonchev–Trinajstić information content (AvgIpc) is 2.76. The summed E-state index contributed by atoms with van der Waals surface area (Å²) in [5, 5.41) is 0. The van der Waals surface area contributed by atoms with E-state index in [1.807, 2.05) is 11.3 Å². The zero-order valence-electron chi connectivity index (χ0n) is 12.3. The van der Waals surface area contributed by atoms with Gasteiger partial charge in [0.25, 0.3) is 0 Å². The fraction of sp³-hybridized carbons (Fsp3) is 0.765. The van der Waals surface area contributed by atoms with Crippen molar-refractivity contribution >= 4 is 11.3 Å². The molecule has 2 aliphatic rings. The van der Waals surface area contributed by atoms with Crippen LogP contribution in [-0.2, 0) is 0 Å². The van der Waals surface area contributed by atoms with Crippen molar-refractivity contribution in [3.05, 3.63) is 21.4 Å². The smallest absolute Gasteiger partial charge is 0.0334 e. The van der Waals surface area contributed by atoms with E-state index in [-0.39, 0.29) is 6.04 Å². The molecule has 0 bridgehead atoms. The summed E-state index contributed by atoms with van der Waals surface area (Å²) in [6.45, 7) is 4.44. The van der Waals surface area contributed by atoms with E-state index in [1.165, 1.54) is 60.3 Å². The quantitative estimate of drug-likeness (QED) is 0.811. The first-order valence-corrected chi connectivity index (χ1v) is 8.79. The predicted octanol–water partition coefficient (Wildman–Crippen LogP) is 4.97. The zero-order chi connectivity index (χ0) is 13.4. The molecule has 1 aromatic rings. The maximum atomic E-state index is 6.61. The van der Waals surface area contributed by atoms with E-state index in [9.17, 15) is 0 Å². The topological polar surface area (TPSA) is 26.0 Å². The normalized spacial score (nSPS) is 32.9. The molecule has 0 saturated heterocycles. The van der Waals surface area contributed by atoms with E-state index >= 15 is 0 Å². The standard InChI is InChI=1S/C17H27NS/c1-11-9-16(12(2)19-11)17(18)15-8-7-13-5-3-4-6-14(13)10-15/h9,13-15,17H,3-8,10,18H2,1-2H3. The van der Waals surface area contributed by atoms with Crippen LogP contribution in [-0.4, -0.2) is 0 Å². The van der Waals surface area contributed by atoms with E-state index in [1.54, 1.807) is 0 Å². The van der Waals surface area contributed by atoms with Crippen LogP contribution in [0.3, 0.4) is 0 Å². The zero-order valence-corrected chi connectivity index (χ0v) is 13.1. The first-order chi connectivity index (χ1) is 9.15. The third-order valence-corrected chi connectivity index (χ3v) is 6.51. The molecule has 4 unspecified atom stereocenters. The Kier molecular flexibility index (Phi) is 4.00. The SMILES string of the molecule is Cc1cc(C(N)C2CCC3CCCCC3C2)c(C)s1. The predicted molar refractivity (Wildman–Crippen MR) is 83.5 cm³/mol. The number of aryl methyl sites for hydroxylation is 2. The first kappa shape index (κ1) is 13.6. The van der Waals surface area contributed by atoms with Gasteiger partial charge in [-0.3, -0.25) is 0 Å². The van der Waals surface area contributed by atoms with Crippen LogP contribution in [0.25, 0.3) is 0 Å². The van der Waals surface area contributed by atoms with Crippen LogP contribution in [0.1, 0.15) is 66.3 Å². The lowest BCUT2D eigenvalue weighted by Crippen LogP contribution is -2.33. The second-order valence-corrected chi connectivity index (χ2v) is 8.23. The van der Waals surface area contributed by atoms with Crippen molar-refractivity contribution in [2.75, 3.05) is 0 Å². The molecule has 0 amide bonds. The molecule has 3 rings (SSSR count). The molecule has 0 spiro atoms. The maximum absolute atomic E-state index is 6.61. The Hall–Kier alpha value is -0.340. The Labute approximate surface area is 121 Å². The van der Waals surface area contributed by atoms with Crippen molar-refractivity contribution in [3.8, 4) is 0 Å². The number of nitrogens with two attached hydrogens (primary N) is 1. The summed E-state index contributed by atoms with van der Waals surface area (Å²) < 4.78 is 0. The molecule has 106 valence electrons. The summed E-state index contributed by atoms with van der Waals surface area (Å²) >= 11 is 1.90. The number of hydrogen-bond acceptors (Lipinski definition) is 2. The molecule has 2 saturated carbocycles. The number of fused-ring (bicyclic) bond motifs is 1. The highest BCUT2D eigenvalue weighted by Crippen LogP contribution is 2.46. The molecule has 2 heteroatoms. The van der Waals surface area contributed by atoms with Crippen molar-refractivity contribution in [3.63, 3.8) is 0 Å². The Morgan fingerprint density at radius 2 is 1.84 bits per heavy atom. The highest BCUT2D eigenvalue weighted by atomic mass is 32.1. The van der Waals surface area contributed by atoms with Gasteiger partial charge in [0.15, 0.2) is 0 Å². The minimum Gasteiger partial charge on any atom is -0.324 e. The molecule has 1 aromatic heterocycles. The third-order valence-electron chi connectivity index (χ3n) is 5.53. The van der Waals surface area contributed by atoms with Gasteiger partial charge < -0.3 is 5.73 Å². The molecule has 0 aromatic carbocycles. The van der Waals surface area contributed by atoms with Gasteiger partial charge in [-0.15, -0.1) is 11.3 Å². The molecular formula is C17H27NS. The van der Waals surface area contributed by atoms with E-state index in [2.05, 4.69) is 19.9 Å². The fourth-order valence-electron chi connectivity index (χ4n) is 4.47. The molecule has 1 nitrogen and oxygen atoms in total. The van der Waals surface area contributed by atoms with Crippen LogP contribution in [0.4, 0.5) is 0 Å². The van der Waals surface area contributed by atoms with Gasteiger partial charge in [0, 0.05) is 15.8 Å². The first-order valence-electron chi connectivity index (χ1n) is 7.97. The van der Waals surface area contributed by atoms with Crippen LogP contribution in [0.15, 0.2) is 6.07 Å². The molecule has 0 aliphatic heterocycles. The Balaban J connectivity index is 1.70. The van der Waals surface area contributed by atoms with Crippen molar-refractivity contribution in [2.45, 2.75) is 64.8 Å². The minimum atomic E-state index is 0.285. The summed E-state index contributed by atoms with van der Waals surface area (Å²) in [5.74, 6) is 2.74. The van der Waals surface area contributed by atoms with Crippen LogP contribution >= 0.6 is 11.3 Å². The molecular weight excluding hydrogens is 250 g/mol. The van der Waals surface area contributed by atoms with Gasteiger partial charge in [-0.2, -0.15) is 0 Å². The number of thiophene rings is 1. The van der Waals surface area contributed by atoms with E-state index in [0.29, 0.717) is 0 Å². The summed E-state index contributed by atoms with van der Waals surface area (Å²) in [4.78, 5) is 2.85. The molecule has 2 N–H and O–H groups in total. The van der Waals surface area contributed by atoms with Crippen molar-refractivity contribution < 1.29 is 0 Å². The largest absolute Gasteiger partial charge is 0.324 e. The Bertz CT molecular complexity index is 436. The van der Waals surface area contributed by atoms with Gasteiger partial charge in [0.05, 0.1) is 0 Å². The summed E-state index contributed by atoms with van der Waals surface area (Å²) in [6.07, 6.45) is 10.1. The maximum Gasteiger partial charge on any atom is 0.0334 e.